The van der Waals surface area contributed by atoms with Crippen molar-refractivity contribution in [3.8, 4) is 5.75 Å². The number of benzene rings is 2. The highest BCUT2D eigenvalue weighted by atomic mass is 32.2. The molecule has 1 saturated heterocycles. The lowest BCUT2D eigenvalue weighted by Crippen LogP contribution is -2.36. The van der Waals surface area contributed by atoms with E-state index in [1.807, 2.05) is 32.0 Å². The number of phenols is 1. The lowest BCUT2D eigenvalue weighted by atomic mass is 10.1. The van der Waals surface area contributed by atoms with Gasteiger partial charge in [0.1, 0.15) is 12.3 Å². The van der Waals surface area contributed by atoms with Crippen LogP contribution in [0.5, 0.6) is 5.75 Å². The molecule has 29 heavy (non-hydrogen) atoms. The van der Waals surface area contributed by atoms with Gasteiger partial charge in [0.25, 0.3) is 11.1 Å². The monoisotopic (exact) mass is 410 g/mol. The summed E-state index contributed by atoms with van der Waals surface area (Å²) >= 11 is 0.803. The molecular formula is C22H22N2O4S. The van der Waals surface area contributed by atoms with Gasteiger partial charge in [-0.15, -0.1) is 0 Å². The minimum Gasteiger partial charge on any atom is -0.507 e. The highest BCUT2D eigenvalue weighted by molar-refractivity contribution is 8.18. The fourth-order valence-corrected chi connectivity index (χ4v) is 4.03. The van der Waals surface area contributed by atoms with E-state index in [2.05, 4.69) is 5.32 Å². The van der Waals surface area contributed by atoms with Gasteiger partial charge >= 0.3 is 0 Å². The summed E-state index contributed by atoms with van der Waals surface area (Å²) in [5.74, 6) is -0.722. The Kier molecular flexibility index (Phi) is 5.79. The first-order chi connectivity index (χ1) is 13.7. The van der Waals surface area contributed by atoms with E-state index in [-0.39, 0.29) is 17.2 Å². The Morgan fingerprint density at radius 2 is 1.66 bits per heavy atom. The predicted molar refractivity (Wildman–Crippen MR) is 115 cm³/mol. The molecule has 1 aliphatic rings. The van der Waals surface area contributed by atoms with Crippen LogP contribution in [0.2, 0.25) is 0 Å². The summed E-state index contributed by atoms with van der Waals surface area (Å²) in [6.07, 6.45) is 1.60. The second-order valence-corrected chi connectivity index (χ2v) is 8.08. The van der Waals surface area contributed by atoms with E-state index in [9.17, 15) is 19.5 Å². The van der Waals surface area contributed by atoms with Crippen molar-refractivity contribution in [1.82, 2.24) is 4.90 Å². The van der Waals surface area contributed by atoms with Gasteiger partial charge in [-0.1, -0.05) is 18.2 Å². The van der Waals surface area contributed by atoms with E-state index in [0.717, 1.165) is 27.8 Å². The molecule has 0 unspecified atom stereocenters. The number of rotatable bonds is 4. The summed E-state index contributed by atoms with van der Waals surface area (Å²) < 4.78 is 0. The number of hydrogen-bond donors (Lipinski definition) is 2. The van der Waals surface area contributed by atoms with Gasteiger partial charge in [-0.2, -0.15) is 0 Å². The maximum Gasteiger partial charge on any atom is 0.294 e. The van der Waals surface area contributed by atoms with Crippen LogP contribution < -0.4 is 5.32 Å². The number of hydrogen-bond acceptors (Lipinski definition) is 5. The van der Waals surface area contributed by atoms with E-state index in [1.165, 1.54) is 0 Å². The smallest absolute Gasteiger partial charge is 0.294 e. The SMILES string of the molecule is Cc1cc(/C=C2\SC(=O)N(CC(=O)Nc3c(C)cccc3C)C2=O)cc(C)c1O. The Morgan fingerprint density at radius 1 is 1.07 bits per heavy atom. The van der Waals surface area contributed by atoms with Crippen molar-refractivity contribution >= 4 is 40.6 Å². The van der Waals surface area contributed by atoms with Crippen molar-refractivity contribution in [2.75, 3.05) is 11.9 Å². The molecule has 2 aromatic carbocycles. The van der Waals surface area contributed by atoms with Gasteiger partial charge in [0.05, 0.1) is 4.91 Å². The summed E-state index contributed by atoms with van der Waals surface area (Å²) in [7, 11) is 0. The summed E-state index contributed by atoms with van der Waals surface area (Å²) in [4.78, 5) is 38.6. The molecule has 7 heteroatoms. The van der Waals surface area contributed by atoms with Crippen LogP contribution in [0, 0.1) is 27.7 Å². The highest BCUT2D eigenvalue weighted by Gasteiger charge is 2.36. The van der Waals surface area contributed by atoms with Gasteiger partial charge in [0, 0.05) is 5.69 Å². The molecule has 0 saturated carbocycles. The highest BCUT2D eigenvalue weighted by Crippen LogP contribution is 2.33. The second-order valence-electron chi connectivity index (χ2n) is 7.09. The average molecular weight is 410 g/mol. The van der Waals surface area contributed by atoms with Crippen molar-refractivity contribution in [3.05, 3.63) is 63.1 Å². The number of nitrogens with one attached hydrogen (secondary N) is 1. The molecule has 1 fully saturated rings. The summed E-state index contributed by atoms with van der Waals surface area (Å²) in [5, 5.41) is 12.2. The quantitative estimate of drug-likeness (QED) is 0.734. The number of carbonyl (C=O) groups is 3. The number of imide groups is 1. The molecule has 2 N–H and O–H groups in total. The lowest BCUT2D eigenvalue weighted by molar-refractivity contribution is -0.127. The van der Waals surface area contributed by atoms with Gasteiger partial charge in [-0.25, -0.2) is 0 Å². The Balaban J connectivity index is 1.76. The largest absolute Gasteiger partial charge is 0.507 e. The third kappa shape index (κ3) is 4.35. The van der Waals surface area contributed by atoms with Gasteiger partial charge in [0.2, 0.25) is 5.91 Å². The number of aryl methyl sites for hydroxylation is 4. The van der Waals surface area contributed by atoms with E-state index >= 15 is 0 Å². The fraction of sp³-hybridized carbons (Fsp3) is 0.227. The zero-order chi connectivity index (χ0) is 21.3. The van der Waals surface area contributed by atoms with E-state index in [4.69, 9.17) is 0 Å². The van der Waals surface area contributed by atoms with Crippen molar-refractivity contribution in [2.45, 2.75) is 27.7 Å². The number of para-hydroxylation sites is 1. The molecule has 3 amide bonds. The number of nitrogens with zero attached hydrogens (tertiary/aromatic N) is 1. The average Bonchev–Trinajstić information content (AvgIpc) is 2.90. The maximum atomic E-state index is 12.7. The molecule has 6 nitrogen and oxygen atoms in total. The Hall–Kier alpha value is -3.06. The molecule has 2 aromatic rings. The van der Waals surface area contributed by atoms with Crippen molar-refractivity contribution < 1.29 is 19.5 Å². The number of amides is 3. The Labute approximate surface area is 173 Å². The number of aromatic hydroxyl groups is 1. The molecule has 0 atom stereocenters. The summed E-state index contributed by atoms with van der Waals surface area (Å²) in [5.41, 5.74) is 4.58. The molecule has 0 bridgehead atoms. The molecule has 0 radical (unpaired) electrons. The van der Waals surface area contributed by atoms with Crippen LogP contribution in [0.15, 0.2) is 35.2 Å². The Bertz CT molecular complexity index is 1020. The molecule has 3 rings (SSSR count). The van der Waals surface area contributed by atoms with Crippen LogP contribution in [-0.4, -0.2) is 33.6 Å². The molecular weight excluding hydrogens is 388 g/mol. The number of thioether (sulfide) groups is 1. The van der Waals surface area contributed by atoms with E-state index in [0.29, 0.717) is 22.4 Å². The zero-order valence-corrected chi connectivity index (χ0v) is 17.5. The molecule has 150 valence electrons. The van der Waals surface area contributed by atoms with Crippen LogP contribution in [0.1, 0.15) is 27.8 Å². The van der Waals surface area contributed by atoms with Crippen molar-refractivity contribution in [2.24, 2.45) is 0 Å². The molecule has 0 aromatic heterocycles. The van der Waals surface area contributed by atoms with Gasteiger partial charge in [0.15, 0.2) is 0 Å². The first-order valence-electron chi connectivity index (χ1n) is 9.09. The van der Waals surface area contributed by atoms with Crippen LogP contribution in [0.4, 0.5) is 10.5 Å². The van der Waals surface area contributed by atoms with E-state index in [1.54, 1.807) is 32.1 Å². The van der Waals surface area contributed by atoms with Gasteiger partial charge < -0.3 is 10.4 Å². The molecule has 0 aliphatic carbocycles. The first kappa shape index (κ1) is 20.7. The minimum absolute atomic E-state index is 0.207. The third-order valence-electron chi connectivity index (χ3n) is 4.73. The summed E-state index contributed by atoms with van der Waals surface area (Å²) in [6.45, 7) is 6.95. The predicted octanol–water partition coefficient (Wildman–Crippen LogP) is 4.30. The second kappa shape index (κ2) is 8.13. The topological polar surface area (TPSA) is 86.7 Å². The third-order valence-corrected chi connectivity index (χ3v) is 5.64. The number of phenolic OH excluding ortho intramolecular Hbond substituents is 1. The van der Waals surface area contributed by atoms with E-state index < -0.39 is 17.1 Å². The lowest BCUT2D eigenvalue weighted by Gasteiger charge is -2.15. The fourth-order valence-electron chi connectivity index (χ4n) is 3.19. The molecule has 1 heterocycles. The number of carbonyl (C=O) groups excluding carboxylic acids is 3. The van der Waals surface area contributed by atoms with Crippen molar-refractivity contribution in [3.63, 3.8) is 0 Å². The molecule has 0 spiro atoms. The number of anilines is 1. The van der Waals surface area contributed by atoms with Crippen LogP contribution in [0.3, 0.4) is 0 Å². The normalized spacial score (nSPS) is 15.3. The van der Waals surface area contributed by atoms with Gasteiger partial charge in [-0.05, 0) is 85.5 Å². The zero-order valence-electron chi connectivity index (χ0n) is 16.7. The van der Waals surface area contributed by atoms with Crippen LogP contribution in [-0.2, 0) is 9.59 Å². The minimum atomic E-state index is -0.500. The van der Waals surface area contributed by atoms with Crippen LogP contribution >= 0.6 is 11.8 Å². The van der Waals surface area contributed by atoms with Gasteiger partial charge in [-0.3, -0.25) is 19.3 Å². The first-order valence-corrected chi connectivity index (χ1v) is 9.90. The standard InChI is InChI=1S/C22H22N2O4S/c1-12-6-5-7-13(2)19(12)23-18(25)11-24-21(27)17(29-22(24)28)10-16-8-14(3)20(26)15(4)9-16/h5-10,26H,11H2,1-4H3,(H,23,25)/b17-10-. The van der Waals surface area contributed by atoms with Crippen LogP contribution in [0.25, 0.3) is 6.08 Å². The maximum absolute atomic E-state index is 12.7. The molecule has 1 aliphatic heterocycles. The van der Waals surface area contributed by atoms with Crippen molar-refractivity contribution in [1.29, 1.82) is 0 Å². The summed E-state index contributed by atoms with van der Waals surface area (Å²) in [6, 6.07) is 9.14. The Morgan fingerprint density at radius 3 is 2.24 bits per heavy atom.